The Balaban J connectivity index is 0.00000208. The Kier molecular flexibility index (Phi) is 5.85. The Hall–Kier alpha value is -1.63. The van der Waals surface area contributed by atoms with E-state index in [1.165, 1.54) is 0 Å². The van der Waals surface area contributed by atoms with Gasteiger partial charge in [0.2, 0.25) is 5.91 Å². The number of carbonyl (C=O) groups excluding carboxylic acids is 2. The van der Waals surface area contributed by atoms with Crippen molar-refractivity contribution in [3.05, 3.63) is 11.6 Å². The van der Waals surface area contributed by atoms with Crippen LogP contribution in [0.2, 0.25) is 0 Å². The molecule has 3 rings (SSSR count). The summed E-state index contributed by atoms with van der Waals surface area (Å²) in [4.78, 5) is 27.3. The molecule has 1 N–H and O–H groups in total. The molecule has 1 fully saturated rings. The van der Waals surface area contributed by atoms with Crippen molar-refractivity contribution in [3.63, 3.8) is 0 Å². The number of fused-ring (bicyclic) bond motifs is 1. The van der Waals surface area contributed by atoms with Crippen LogP contribution in [0.3, 0.4) is 0 Å². The van der Waals surface area contributed by atoms with Crippen LogP contribution in [0.4, 0.5) is 0 Å². The van der Waals surface area contributed by atoms with Gasteiger partial charge in [0.1, 0.15) is 5.82 Å². The van der Waals surface area contributed by atoms with Crippen molar-refractivity contribution < 1.29 is 9.59 Å². The van der Waals surface area contributed by atoms with Crippen molar-refractivity contribution in [1.82, 2.24) is 25.0 Å². The summed E-state index contributed by atoms with van der Waals surface area (Å²) in [6, 6.07) is -0.398. The van der Waals surface area contributed by atoms with Crippen LogP contribution in [0.1, 0.15) is 57.2 Å². The van der Waals surface area contributed by atoms with Crippen LogP contribution in [0.5, 0.6) is 0 Å². The first-order valence-electron chi connectivity index (χ1n) is 8.57. The summed E-state index contributed by atoms with van der Waals surface area (Å²) in [5, 5.41) is 11.3. The lowest BCUT2D eigenvalue weighted by atomic mass is 9.99. The third kappa shape index (κ3) is 3.41. The van der Waals surface area contributed by atoms with Gasteiger partial charge in [0.25, 0.3) is 5.91 Å². The fourth-order valence-electron chi connectivity index (χ4n) is 3.23. The first-order chi connectivity index (χ1) is 11.1. The van der Waals surface area contributed by atoms with Gasteiger partial charge in [0.15, 0.2) is 11.9 Å². The van der Waals surface area contributed by atoms with E-state index >= 15 is 0 Å². The maximum Gasteiger partial charge on any atom is 0.251 e. The number of hydrogen-bond acceptors (Lipinski definition) is 4. The highest BCUT2D eigenvalue weighted by molar-refractivity contribution is 5.89. The summed E-state index contributed by atoms with van der Waals surface area (Å²) >= 11 is 0. The molecule has 1 aromatic heterocycles. The molecule has 1 atom stereocenters. The van der Waals surface area contributed by atoms with Crippen molar-refractivity contribution in [1.29, 1.82) is 0 Å². The van der Waals surface area contributed by atoms with Gasteiger partial charge in [-0.2, -0.15) is 0 Å². The van der Waals surface area contributed by atoms with Crippen LogP contribution >= 0.6 is 12.4 Å². The first-order valence-corrected chi connectivity index (χ1v) is 8.57. The Morgan fingerprint density at radius 2 is 1.88 bits per heavy atom. The molecule has 0 bridgehead atoms. The van der Waals surface area contributed by atoms with Gasteiger partial charge in [0, 0.05) is 25.0 Å². The molecule has 1 aromatic rings. The molecule has 8 heteroatoms. The second kappa shape index (κ2) is 7.51. The molecule has 2 amide bonds. The highest BCUT2D eigenvalue weighted by Gasteiger charge is 2.41. The number of aryl methyl sites for hydroxylation is 1. The molecule has 134 valence electrons. The van der Waals surface area contributed by atoms with Crippen molar-refractivity contribution >= 4 is 24.2 Å². The van der Waals surface area contributed by atoms with Crippen LogP contribution in [0, 0.1) is 12.8 Å². The van der Waals surface area contributed by atoms with Crippen LogP contribution in [-0.4, -0.2) is 44.1 Å². The molecule has 2 aliphatic rings. The smallest absolute Gasteiger partial charge is 0.251 e. The molecular weight excluding hydrogens is 330 g/mol. The van der Waals surface area contributed by atoms with Crippen molar-refractivity contribution in [2.45, 2.75) is 65.1 Å². The Bertz CT molecular complexity index is 610. The Morgan fingerprint density at radius 1 is 1.21 bits per heavy atom. The van der Waals surface area contributed by atoms with Gasteiger partial charge in [-0.15, -0.1) is 22.6 Å². The fraction of sp³-hybridized carbons (Fsp3) is 0.750. The average Bonchev–Trinajstić information content (AvgIpc) is 3.28. The lowest BCUT2D eigenvalue weighted by Gasteiger charge is -2.36. The van der Waals surface area contributed by atoms with Gasteiger partial charge in [-0.05, 0) is 32.6 Å². The van der Waals surface area contributed by atoms with E-state index in [1.54, 1.807) is 4.90 Å². The zero-order valence-corrected chi connectivity index (χ0v) is 15.3. The average molecular weight is 356 g/mol. The van der Waals surface area contributed by atoms with Crippen LogP contribution in [0.25, 0.3) is 0 Å². The minimum atomic E-state index is -0.654. The zero-order valence-electron chi connectivity index (χ0n) is 14.5. The van der Waals surface area contributed by atoms with Gasteiger partial charge in [-0.25, -0.2) is 0 Å². The first kappa shape index (κ1) is 18.7. The van der Waals surface area contributed by atoms with Crippen molar-refractivity contribution in [2.24, 2.45) is 5.92 Å². The summed E-state index contributed by atoms with van der Waals surface area (Å²) in [6.07, 6.45) is 3.61. The molecule has 2 heterocycles. The van der Waals surface area contributed by atoms with Gasteiger partial charge in [-0.3, -0.25) is 9.59 Å². The molecule has 1 aliphatic heterocycles. The number of nitrogens with zero attached hydrogens (tertiary/aromatic N) is 4. The number of rotatable bonds is 5. The molecule has 0 saturated heterocycles. The molecule has 1 unspecified atom stereocenters. The second-order valence-corrected chi connectivity index (χ2v) is 6.49. The summed E-state index contributed by atoms with van der Waals surface area (Å²) in [7, 11) is 0. The fourth-order valence-corrected chi connectivity index (χ4v) is 3.23. The normalized spacial score (nSPS) is 19.7. The summed E-state index contributed by atoms with van der Waals surface area (Å²) in [5.74, 6) is 1.27. The number of aromatic nitrogens is 3. The highest BCUT2D eigenvalue weighted by Crippen LogP contribution is 2.29. The van der Waals surface area contributed by atoms with E-state index < -0.39 is 6.04 Å². The van der Waals surface area contributed by atoms with Gasteiger partial charge >= 0.3 is 0 Å². The Labute approximate surface area is 148 Å². The van der Waals surface area contributed by atoms with Gasteiger partial charge in [-0.1, -0.05) is 13.8 Å². The minimum absolute atomic E-state index is 0. The maximum absolute atomic E-state index is 12.9. The lowest BCUT2D eigenvalue weighted by Crippen LogP contribution is -2.51. The topological polar surface area (TPSA) is 80.1 Å². The SMILES string of the molecule is CCC(CC)C(=O)N1CCn2c(C)nnc2C1C(=O)NC1CC1.Cl. The predicted octanol–water partition coefficient (Wildman–Crippen LogP) is 1.61. The number of nitrogens with one attached hydrogen (secondary N) is 1. The molecule has 24 heavy (non-hydrogen) atoms. The zero-order chi connectivity index (χ0) is 16.6. The van der Waals surface area contributed by atoms with E-state index in [4.69, 9.17) is 0 Å². The molecule has 0 radical (unpaired) electrons. The molecule has 7 nitrogen and oxygen atoms in total. The van der Waals surface area contributed by atoms with Crippen LogP contribution < -0.4 is 5.32 Å². The lowest BCUT2D eigenvalue weighted by molar-refractivity contribution is -0.146. The molecule has 1 aliphatic carbocycles. The Morgan fingerprint density at radius 3 is 2.46 bits per heavy atom. The highest BCUT2D eigenvalue weighted by atomic mass is 35.5. The summed E-state index contributed by atoms with van der Waals surface area (Å²) in [5.41, 5.74) is 0. The van der Waals surface area contributed by atoms with E-state index in [9.17, 15) is 9.59 Å². The third-order valence-electron chi connectivity index (χ3n) is 4.88. The number of halogens is 1. The van der Waals surface area contributed by atoms with Crippen LogP contribution in [0.15, 0.2) is 0 Å². The van der Waals surface area contributed by atoms with Crippen molar-refractivity contribution in [2.75, 3.05) is 6.54 Å². The standard InChI is InChI=1S/C16H25N5O2.ClH/c1-4-11(5-2)16(23)21-9-8-20-10(3)18-19-14(20)13(21)15(22)17-12-6-7-12;/h11-13H,4-9H2,1-3H3,(H,17,22);1H. The maximum atomic E-state index is 12.9. The van der Waals surface area contributed by atoms with E-state index in [0.29, 0.717) is 18.9 Å². The van der Waals surface area contributed by atoms with Crippen LogP contribution in [-0.2, 0) is 16.1 Å². The van der Waals surface area contributed by atoms with E-state index in [1.807, 2.05) is 25.3 Å². The number of amides is 2. The number of hydrogen-bond donors (Lipinski definition) is 1. The third-order valence-corrected chi connectivity index (χ3v) is 4.88. The quantitative estimate of drug-likeness (QED) is 0.870. The van der Waals surface area contributed by atoms with E-state index in [2.05, 4.69) is 15.5 Å². The van der Waals surface area contributed by atoms with Crippen molar-refractivity contribution in [3.8, 4) is 0 Å². The summed E-state index contributed by atoms with van der Waals surface area (Å²) in [6.45, 7) is 7.09. The minimum Gasteiger partial charge on any atom is -0.351 e. The van der Waals surface area contributed by atoms with E-state index in [0.717, 1.165) is 31.5 Å². The van der Waals surface area contributed by atoms with E-state index in [-0.39, 0.29) is 36.2 Å². The largest absolute Gasteiger partial charge is 0.351 e. The molecular formula is C16H26ClN5O2. The van der Waals surface area contributed by atoms with Gasteiger partial charge in [0.05, 0.1) is 0 Å². The monoisotopic (exact) mass is 355 g/mol. The predicted molar refractivity (Wildman–Crippen MR) is 91.7 cm³/mol. The molecule has 0 spiro atoms. The number of carbonyl (C=O) groups is 2. The molecule has 1 saturated carbocycles. The molecule has 0 aromatic carbocycles. The summed E-state index contributed by atoms with van der Waals surface area (Å²) < 4.78 is 1.95. The van der Waals surface area contributed by atoms with Gasteiger partial charge < -0.3 is 14.8 Å². The second-order valence-electron chi connectivity index (χ2n) is 6.49.